The van der Waals surface area contributed by atoms with Crippen molar-refractivity contribution in [2.45, 2.75) is 51.5 Å². The second-order valence-electron chi connectivity index (χ2n) is 8.13. The molecule has 0 saturated heterocycles. The molecular weight excluding hydrogens is 420 g/mol. The standard InChI is InChI=1S/C26H30N2O3S/c1-5-21-11-13-23(14-12-21)27-26(29)24(17-22-9-7-6-8-10-22)28-32(30,31)25-19(3)15-18(2)16-20(25)4/h6-16,24,28H,5,17H2,1-4H3,(H,27,29)/t24-/m1/s1. The minimum Gasteiger partial charge on any atom is -0.325 e. The molecule has 0 fully saturated rings. The van der Waals surface area contributed by atoms with E-state index in [0.29, 0.717) is 16.8 Å². The Hall–Kier alpha value is -2.96. The van der Waals surface area contributed by atoms with E-state index in [-0.39, 0.29) is 11.3 Å². The van der Waals surface area contributed by atoms with Crippen molar-refractivity contribution in [3.63, 3.8) is 0 Å². The van der Waals surface area contributed by atoms with Crippen molar-refractivity contribution >= 4 is 21.6 Å². The third-order valence-electron chi connectivity index (χ3n) is 5.40. The second kappa shape index (κ2) is 10.1. The number of hydrogen-bond acceptors (Lipinski definition) is 3. The molecule has 2 N–H and O–H groups in total. The van der Waals surface area contributed by atoms with Crippen molar-refractivity contribution in [2.75, 3.05) is 5.32 Å². The summed E-state index contributed by atoms with van der Waals surface area (Å²) in [5.74, 6) is -0.399. The van der Waals surface area contributed by atoms with E-state index in [0.717, 1.165) is 23.1 Å². The first-order valence-corrected chi connectivity index (χ1v) is 12.2. The number of rotatable bonds is 8. The van der Waals surface area contributed by atoms with Crippen molar-refractivity contribution in [3.05, 3.63) is 94.5 Å². The van der Waals surface area contributed by atoms with Crippen LogP contribution >= 0.6 is 0 Å². The average molecular weight is 451 g/mol. The first-order valence-electron chi connectivity index (χ1n) is 10.7. The molecule has 0 radical (unpaired) electrons. The third kappa shape index (κ3) is 5.84. The highest BCUT2D eigenvalue weighted by atomic mass is 32.2. The molecule has 0 spiro atoms. The van der Waals surface area contributed by atoms with E-state index in [1.165, 1.54) is 0 Å². The van der Waals surface area contributed by atoms with Gasteiger partial charge in [-0.3, -0.25) is 4.79 Å². The molecule has 0 aliphatic rings. The van der Waals surface area contributed by atoms with E-state index in [1.54, 1.807) is 13.8 Å². The van der Waals surface area contributed by atoms with Gasteiger partial charge < -0.3 is 5.32 Å². The Balaban J connectivity index is 1.90. The molecule has 6 heteroatoms. The molecule has 3 aromatic carbocycles. The highest BCUT2D eigenvalue weighted by Gasteiger charge is 2.28. The van der Waals surface area contributed by atoms with Gasteiger partial charge in [0.1, 0.15) is 6.04 Å². The van der Waals surface area contributed by atoms with Gasteiger partial charge in [-0.25, -0.2) is 8.42 Å². The monoisotopic (exact) mass is 450 g/mol. The number of sulfonamides is 1. The van der Waals surface area contributed by atoms with E-state index in [4.69, 9.17) is 0 Å². The first kappa shape index (κ1) is 23.7. The summed E-state index contributed by atoms with van der Waals surface area (Å²) >= 11 is 0. The van der Waals surface area contributed by atoms with Gasteiger partial charge >= 0.3 is 0 Å². The lowest BCUT2D eigenvalue weighted by Crippen LogP contribution is -2.45. The lowest BCUT2D eigenvalue weighted by atomic mass is 10.1. The van der Waals surface area contributed by atoms with E-state index >= 15 is 0 Å². The Labute approximate surface area is 190 Å². The van der Waals surface area contributed by atoms with E-state index in [1.807, 2.05) is 73.7 Å². The summed E-state index contributed by atoms with van der Waals surface area (Å²) in [6.07, 6.45) is 1.14. The van der Waals surface area contributed by atoms with E-state index < -0.39 is 22.0 Å². The summed E-state index contributed by atoms with van der Waals surface area (Å²) < 4.78 is 29.3. The van der Waals surface area contributed by atoms with Gasteiger partial charge in [0.15, 0.2) is 0 Å². The van der Waals surface area contributed by atoms with Gasteiger partial charge in [-0.05, 0) is 68.0 Å². The normalized spacial score (nSPS) is 12.4. The SMILES string of the molecule is CCc1ccc(NC(=O)[C@@H](Cc2ccccc2)NS(=O)(=O)c2c(C)cc(C)cc2C)cc1. The quantitative estimate of drug-likeness (QED) is 0.522. The van der Waals surface area contributed by atoms with Crippen molar-refractivity contribution < 1.29 is 13.2 Å². The number of carbonyl (C=O) groups excluding carboxylic acids is 1. The summed E-state index contributed by atoms with van der Waals surface area (Å²) in [5.41, 5.74) is 4.97. The van der Waals surface area contributed by atoms with Gasteiger partial charge in [0.2, 0.25) is 15.9 Å². The molecule has 168 valence electrons. The largest absolute Gasteiger partial charge is 0.325 e. The topological polar surface area (TPSA) is 75.3 Å². The summed E-state index contributed by atoms with van der Waals surface area (Å²) in [7, 11) is -3.92. The molecule has 0 aliphatic heterocycles. The van der Waals surface area contributed by atoms with Crippen LogP contribution in [0.15, 0.2) is 71.6 Å². The lowest BCUT2D eigenvalue weighted by Gasteiger charge is -2.21. The number of nitrogens with one attached hydrogen (secondary N) is 2. The highest BCUT2D eigenvalue weighted by molar-refractivity contribution is 7.89. The molecule has 1 atom stereocenters. The minimum atomic E-state index is -3.92. The number of hydrogen-bond donors (Lipinski definition) is 2. The maximum absolute atomic E-state index is 13.3. The Kier molecular flexibility index (Phi) is 7.48. The van der Waals surface area contributed by atoms with Crippen LogP contribution in [-0.2, 0) is 27.7 Å². The predicted molar refractivity (Wildman–Crippen MR) is 129 cm³/mol. The van der Waals surface area contributed by atoms with Gasteiger partial charge in [0.25, 0.3) is 0 Å². The second-order valence-corrected chi connectivity index (χ2v) is 9.78. The number of aryl methyl sites for hydroxylation is 4. The molecule has 0 unspecified atom stereocenters. The van der Waals surface area contributed by atoms with Crippen LogP contribution in [0.2, 0.25) is 0 Å². The Morgan fingerprint density at radius 3 is 2.03 bits per heavy atom. The average Bonchev–Trinajstić information content (AvgIpc) is 2.73. The zero-order chi connectivity index (χ0) is 23.3. The van der Waals surface area contributed by atoms with Crippen LogP contribution in [-0.4, -0.2) is 20.4 Å². The van der Waals surface area contributed by atoms with Crippen LogP contribution in [0.4, 0.5) is 5.69 Å². The Morgan fingerprint density at radius 1 is 0.875 bits per heavy atom. The molecule has 32 heavy (non-hydrogen) atoms. The molecule has 0 saturated carbocycles. The maximum atomic E-state index is 13.3. The van der Waals surface area contributed by atoms with Crippen molar-refractivity contribution in [2.24, 2.45) is 0 Å². The fourth-order valence-corrected chi connectivity index (χ4v) is 5.58. The van der Waals surface area contributed by atoms with Gasteiger partial charge in [-0.1, -0.05) is 67.1 Å². The number of benzene rings is 3. The van der Waals surface area contributed by atoms with Crippen LogP contribution in [0, 0.1) is 20.8 Å². The van der Waals surface area contributed by atoms with Crippen LogP contribution < -0.4 is 10.0 Å². The Morgan fingerprint density at radius 2 is 1.47 bits per heavy atom. The molecule has 0 bridgehead atoms. The fraction of sp³-hybridized carbons (Fsp3) is 0.269. The Bertz CT molecular complexity index is 1160. The number of carbonyl (C=O) groups is 1. The predicted octanol–water partition coefficient (Wildman–Crippen LogP) is 4.70. The fourth-order valence-electron chi connectivity index (χ4n) is 3.93. The highest BCUT2D eigenvalue weighted by Crippen LogP contribution is 2.22. The molecule has 3 aromatic rings. The van der Waals surface area contributed by atoms with Gasteiger partial charge in [0, 0.05) is 5.69 Å². The van der Waals surface area contributed by atoms with Crippen LogP contribution in [0.5, 0.6) is 0 Å². The van der Waals surface area contributed by atoms with Gasteiger partial charge in [0.05, 0.1) is 4.90 Å². The lowest BCUT2D eigenvalue weighted by molar-refractivity contribution is -0.117. The van der Waals surface area contributed by atoms with Crippen LogP contribution in [0.25, 0.3) is 0 Å². The smallest absolute Gasteiger partial charge is 0.242 e. The number of anilines is 1. The molecule has 0 heterocycles. The first-order chi connectivity index (χ1) is 15.2. The molecular formula is C26H30N2O3S. The van der Waals surface area contributed by atoms with Gasteiger partial charge in [-0.15, -0.1) is 0 Å². The molecule has 5 nitrogen and oxygen atoms in total. The van der Waals surface area contributed by atoms with Crippen molar-refractivity contribution in [3.8, 4) is 0 Å². The zero-order valence-corrected chi connectivity index (χ0v) is 19.8. The maximum Gasteiger partial charge on any atom is 0.242 e. The van der Waals surface area contributed by atoms with Crippen LogP contribution in [0.3, 0.4) is 0 Å². The van der Waals surface area contributed by atoms with Crippen molar-refractivity contribution in [1.29, 1.82) is 0 Å². The summed E-state index contributed by atoms with van der Waals surface area (Å²) in [4.78, 5) is 13.4. The molecule has 0 aromatic heterocycles. The third-order valence-corrected chi connectivity index (χ3v) is 7.18. The summed E-state index contributed by atoms with van der Waals surface area (Å²) in [6, 6.07) is 19.7. The molecule has 1 amide bonds. The van der Waals surface area contributed by atoms with Crippen molar-refractivity contribution in [1.82, 2.24) is 4.72 Å². The molecule has 0 aliphatic carbocycles. The number of amides is 1. The van der Waals surface area contributed by atoms with Gasteiger partial charge in [-0.2, -0.15) is 4.72 Å². The summed E-state index contributed by atoms with van der Waals surface area (Å²) in [6.45, 7) is 7.54. The zero-order valence-electron chi connectivity index (χ0n) is 19.0. The van der Waals surface area contributed by atoms with E-state index in [2.05, 4.69) is 17.0 Å². The minimum absolute atomic E-state index is 0.223. The molecule has 3 rings (SSSR count). The van der Waals surface area contributed by atoms with Crippen LogP contribution in [0.1, 0.15) is 34.7 Å². The summed E-state index contributed by atoms with van der Waals surface area (Å²) in [5, 5.41) is 2.86. The van der Waals surface area contributed by atoms with E-state index in [9.17, 15) is 13.2 Å².